The molecule has 4 aromatic heterocycles. The first-order valence-corrected chi connectivity index (χ1v) is 14.9. The van der Waals surface area contributed by atoms with Gasteiger partial charge < -0.3 is 35.9 Å². The van der Waals surface area contributed by atoms with Crippen LogP contribution in [0.5, 0.6) is 0 Å². The maximum Gasteiger partial charge on any atom is 0.490 e. The number of pyridine rings is 2. The minimum atomic E-state index is -5.19. The monoisotopic (exact) mass is 724 g/mol. The highest BCUT2D eigenvalue weighted by atomic mass is 19.4. The molecule has 5 N–H and O–H groups in total. The van der Waals surface area contributed by atoms with Crippen molar-refractivity contribution >= 4 is 57.0 Å². The summed E-state index contributed by atoms with van der Waals surface area (Å²) in [4.78, 5) is 54.8. The van der Waals surface area contributed by atoms with Crippen molar-refractivity contribution in [2.75, 3.05) is 18.8 Å². The van der Waals surface area contributed by atoms with Crippen LogP contribution in [0.25, 0.3) is 27.5 Å². The number of unbranched alkanes of at least 4 members (excludes halogenated alkanes) is 1. The van der Waals surface area contributed by atoms with E-state index in [1.807, 2.05) is 47.2 Å². The number of anilines is 1. The predicted molar refractivity (Wildman–Crippen MR) is 165 cm³/mol. The van der Waals surface area contributed by atoms with Crippen LogP contribution in [0.1, 0.15) is 36.0 Å². The van der Waals surface area contributed by atoms with E-state index in [1.54, 1.807) is 6.33 Å². The average Bonchev–Trinajstić information content (AvgIpc) is 3.48. The van der Waals surface area contributed by atoms with E-state index >= 15 is 0 Å². The Balaban J connectivity index is 0.000000424. The Kier molecular flexibility index (Phi) is 13.5. The van der Waals surface area contributed by atoms with E-state index in [4.69, 9.17) is 25.5 Å². The van der Waals surface area contributed by atoms with Crippen LogP contribution in [0.3, 0.4) is 0 Å². The summed E-state index contributed by atoms with van der Waals surface area (Å²) in [7, 11) is 0. The van der Waals surface area contributed by atoms with Gasteiger partial charge in [0.05, 0.1) is 6.33 Å². The van der Waals surface area contributed by atoms with Crippen LogP contribution >= 0.6 is 0 Å². The van der Waals surface area contributed by atoms with Gasteiger partial charge in [0.2, 0.25) is 11.4 Å². The Morgan fingerprint density at radius 3 is 2.20 bits per heavy atom. The zero-order valence-corrected chi connectivity index (χ0v) is 26.4. The van der Waals surface area contributed by atoms with Crippen molar-refractivity contribution in [1.82, 2.24) is 30.2 Å². The third-order valence-corrected chi connectivity index (χ3v) is 6.77. The zero-order chi connectivity index (χ0) is 37.8. The van der Waals surface area contributed by atoms with Gasteiger partial charge >= 0.3 is 18.3 Å². The molecule has 0 radical (unpaired) electrons. The molecule has 5 rings (SSSR count). The minimum absolute atomic E-state index is 0.00412. The van der Waals surface area contributed by atoms with Gasteiger partial charge in [-0.05, 0) is 48.9 Å². The molecule has 0 aliphatic rings. The second-order valence-electron chi connectivity index (χ2n) is 10.5. The molecule has 0 spiro atoms. The summed E-state index contributed by atoms with van der Waals surface area (Å²) >= 11 is 0. The number of aryl methyl sites for hydroxylation is 1. The van der Waals surface area contributed by atoms with Gasteiger partial charge in [0.1, 0.15) is 17.8 Å². The SMILES string of the molecule is Nc1ncnc2c1ncn2CCCC(=O)NCCCCNC(=O)c1ccc2c[n+]3ccccc3cc2c1.O=C(O)C(F)(F)F.O=C([O-])C(F)(F)F. The van der Waals surface area contributed by atoms with E-state index in [2.05, 4.69) is 42.2 Å². The molecule has 0 aliphatic heterocycles. The van der Waals surface area contributed by atoms with Crippen molar-refractivity contribution in [1.29, 1.82) is 0 Å². The van der Waals surface area contributed by atoms with Gasteiger partial charge in [-0.2, -0.15) is 30.7 Å². The van der Waals surface area contributed by atoms with Crippen molar-refractivity contribution in [2.45, 2.75) is 44.6 Å². The molecular formula is C31H30F6N8O6. The molecule has 5 aromatic rings. The van der Waals surface area contributed by atoms with Gasteiger partial charge in [-0.1, -0.05) is 0 Å². The van der Waals surface area contributed by atoms with E-state index in [9.17, 15) is 35.9 Å². The lowest BCUT2D eigenvalue weighted by Gasteiger charge is -2.08. The quantitative estimate of drug-likeness (QED) is 0.0715. The number of benzene rings is 1. The fourth-order valence-electron chi connectivity index (χ4n) is 4.32. The number of nitrogens with one attached hydrogen (secondary N) is 2. The lowest BCUT2D eigenvalue weighted by Crippen LogP contribution is -2.37. The van der Waals surface area contributed by atoms with Gasteiger partial charge in [-0.15, -0.1) is 0 Å². The summed E-state index contributed by atoms with van der Waals surface area (Å²) in [5.41, 5.74) is 8.77. The maximum absolute atomic E-state index is 12.6. The third-order valence-electron chi connectivity index (χ3n) is 6.77. The summed E-state index contributed by atoms with van der Waals surface area (Å²) in [6.45, 7) is 1.75. The molecule has 0 saturated heterocycles. The van der Waals surface area contributed by atoms with E-state index in [0.717, 1.165) is 29.1 Å². The Morgan fingerprint density at radius 1 is 0.882 bits per heavy atom. The second-order valence-corrected chi connectivity index (χ2v) is 10.5. The van der Waals surface area contributed by atoms with E-state index in [0.29, 0.717) is 55.0 Å². The van der Waals surface area contributed by atoms with Crippen LogP contribution < -0.4 is 25.9 Å². The van der Waals surface area contributed by atoms with Crippen molar-refractivity contribution in [2.24, 2.45) is 0 Å². The molecule has 0 aliphatic carbocycles. The Hall–Kier alpha value is -6.08. The number of carboxylic acids is 2. The number of imidazole rings is 1. The number of aliphatic carboxylic acids is 2. The highest BCUT2D eigenvalue weighted by Gasteiger charge is 2.38. The number of halogens is 6. The van der Waals surface area contributed by atoms with Crippen LogP contribution in [0.4, 0.5) is 32.2 Å². The van der Waals surface area contributed by atoms with Crippen molar-refractivity contribution < 1.29 is 60.1 Å². The Morgan fingerprint density at radius 2 is 1.55 bits per heavy atom. The van der Waals surface area contributed by atoms with Crippen molar-refractivity contribution in [3.8, 4) is 0 Å². The zero-order valence-electron chi connectivity index (χ0n) is 26.4. The molecule has 0 bridgehead atoms. The smallest absolute Gasteiger partial charge is 0.490 e. The summed E-state index contributed by atoms with van der Waals surface area (Å²) in [6.07, 6.45) is -0.490. The lowest BCUT2D eigenvalue weighted by atomic mass is 10.1. The van der Waals surface area contributed by atoms with Gasteiger partial charge in [0.25, 0.3) is 5.91 Å². The fraction of sp³-hybridized carbons (Fsp3) is 0.290. The number of carbonyl (C=O) groups is 4. The first-order chi connectivity index (χ1) is 24.0. The molecule has 0 saturated carbocycles. The highest BCUT2D eigenvalue weighted by molar-refractivity contribution is 5.98. The van der Waals surface area contributed by atoms with Gasteiger partial charge in [-0.3, -0.25) is 9.59 Å². The first kappa shape index (κ1) is 39.4. The number of carboxylic acid groups (broad SMARTS) is 2. The number of fused-ring (bicyclic) bond motifs is 3. The predicted octanol–water partition coefficient (Wildman–Crippen LogP) is 2.34. The van der Waals surface area contributed by atoms with Crippen molar-refractivity contribution in [3.05, 3.63) is 73.1 Å². The summed E-state index contributed by atoms with van der Waals surface area (Å²) < 4.78 is 67.2. The summed E-state index contributed by atoms with van der Waals surface area (Å²) in [5, 5.41) is 23.9. The standard InChI is InChI=1S/C27H28N8O2.2C2HF3O2/c28-25-24-26(32-17-31-25)35(18-33-24)13-5-7-23(36)29-10-2-3-11-30-27(37)19-8-9-20-16-34-12-4-1-6-22(34)15-21(20)14-19;2*3-2(4,5)1(6)7/h1,4,6,8-9,12,14-18H,2-3,5,7,10-11,13H2,(H3-,28,29,30,31,32,36,37);2*(H,6,7). The normalized spacial score (nSPS) is 11.3. The van der Waals surface area contributed by atoms with E-state index in [-0.39, 0.29) is 11.8 Å². The number of nitrogen functional groups attached to an aromatic ring is 1. The second kappa shape index (κ2) is 17.5. The number of nitrogens with two attached hydrogens (primary N) is 1. The fourth-order valence-corrected chi connectivity index (χ4v) is 4.32. The number of nitrogens with zero attached hydrogens (tertiary/aromatic N) is 5. The summed E-state index contributed by atoms with van der Waals surface area (Å²) in [6, 6.07) is 13.8. The van der Waals surface area contributed by atoms with Crippen LogP contribution in [0.2, 0.25) is 0 Å². The van der Waals surface area contributed by atoms with E-state index < -0.39 is 24.3 Å². The number of amides is 2. The third kappa shape index (κ3) is 12.1. The van der Waals surface area contributed by atoms with Crippen molar-refractivity contribution in [3.63, 3.8) is 0 Å². The largest absolute Gasteiger partial charge is 0.542 e. The number of aromatic nitrogens is 5. The minimum Gasteiger partial charge on any atom is -0.542 e. The molecule has 0 atom stereocenters. The first-order valence-electron chi connectivity index (χ1n) is 14.9. The molecule has 2 amide bonds. The number of alkyl halides is 6. The molecule has 0 fully saturated rings. The molecule has 51 heavy (non-hydrogen) atoms. The van der Waals surface area contributed by atoms with Crippen LogP contribution in [-0.4, -0.2) is 73.8 Å². The molecule has 0 unspecified atom stereocenters. The maximum atomic E-state index is 12.6. The van der Waals surface area contributed by atoms with Gasteiger partial charge in [0.15, 0.2) is 23.9 Å². The Bertz CT molecular complexity index is 1980. The topological polar surface area (TPSA) is 209 Å². The number of carbonyl (C=O) groups excluding carboxylic acids is 3. The number of hydrogen-bond donors (Lipinski definition) is 4. The lowest BCUT2D eigenvalue weighted by molar-refractivity contribution is -0.510. The van der Waals surface area contributed by atoms with Gasteiger partial charge in [0, 0.05) is 55.2 Å². The molecule has 14 nitrogen and oxygen atoms in total. The van der Waals surface area contributed by atoms with Crippen LogP contribution in [-0.2, 0) is 20.9 Å². The van der Waals surface area contributed by atoms with E-state index in [1.165, 1.54) is 6.33 Å². The average molecular weight is 725 g/mol. The van der Waals surface area contributed by atoms with Crippen LogP contribution in [0, 0.1) is 0 Å². The van der Waals surface area contributed by atoms with Gasteiger partial charge in [-0.25, -0.2) is 19.7 Å². The molecule has 272 valence electrons. The molecular weight excluding hydrogens is 694 g/mol. The summed E-state index contributed by atoms with van der Waals surface area (Å²) in [5.74, 6) is -5.50. The molecule has 20 heteroatoms. The molecule has 4 heterocycles. The molecule has 1 aromatic carbocycles. The Labute approximate surface area is 283 Å². The number of hydrogen-bond acceptors (Lipinski definition) is 9. The number of rotatable bonds is 10. The van der Waals surface area contributed by atoms with Crippen LogP contribution in [0.15, 0.2) is 67.5 Å². The highest BCUT2D eigenvalue weighted by Crippen LogP contribution is 2.17.